The molecule has 0 aliphatic carbocycles. The predicted molar refractivity (Wildman–Crippen MR) is 64.0 cm³/mol. The van der Waals surface area contributed by atoms with E-state index in [2.05, 4.69) is 4.90 Å². The summed E-state index contributed by atoms with van der Waals surface area (Å²) in [7, 11) is 0. The van der Waals surface area contributed by atoms with Crippen molar-refractivity contribution >= 4 is 11.8 Å². The Morgan fingerprint density at radius 3 is 2.24 bits per heavy atom. The minimum atomic E-state index is -0.825. The molecule has 5 heteroatoms. The second kappa shape index (κ2) is 5.49. The Bertz CT molecular complexity index is 300. The van der Waals surface area contributed by atoms with Gasteiger partial charge in [0, 0.05) is 19.6 Å². The lowest BCUT2D eigenvalue weighted by Gasteiger charge is -2.43. The zero-order chi connectivity index (χ0) is 12.3. The van der Waals surface area contributed by atoms with Gasteiger partial charge in [-0.2, -0.15) is 0 Å². The number of nitrogens with zero attached hydrogens (tertiary/aromatic N) is 2. The standard InChI is InChI=1S/C12H21N3O2/c13-11(16)12(17)15-9-5-2-6-10(15)14-7-3-1-4-8-14/h10H,1-9H2,(H2,13,16). The summed E-state index contributed by atoms with van der Waals surface area (Å²) in [6.45, 7) is 2.74. The number of nitrogens with two attached hydrogens (primary N) is 1. The third-order valence-electron chi connectivity index (χ3n) is 3.75. The van der Waals surface area contributed by atoms with Crippen LogP contribution in [0.15, 0.2) is 0 Å². The van der Waals surface area contributed by atoms with Crippen LogP contribution in [0.2, 0.25) is 0 Å². The van der Waals surface area contributed by atoms with Gasteiger partial charge in [-0.05, 0) is 32.1 Å². The topological polar surface area (TPSA) is 66.6 Å². The van der Waals surface area contributed by atoms with E-state index in [-0.39, 0.29) is 6.17 Å². The number of rotatable bonds is 1. The van der Waals surface area contributed by atoms with E-state index in [4.69, 9.17) is 5.73 Å². The van der Waals surface area contributed by atoms with E-state index < -0.39 is 11.8 Å². The van der Waals surface area contributed by atoms with Gasteiger partial charge in [0.2, 0.25) is 0 Å². The zero-order valence-electron chi connectivity index (χ0n) is 10.2. The second-order valence-corrected chi connectivity index (χ2v) is 4.94. The fourth-order valence-electron chi connectivity index (χ4n) is 2.89. The van der Waals surface area contributed by atoms with Crippen molar-refractivity contribution in [3.8, 4) is 0 Å². The Labute approximate surface area is 102 Å². The van der Waals surface area contributed by atoms with Crippen LogP contribution in [0.5, 0.6) is 0 Å². The molecular formula is C12H21N3O2. The van der Waals surface area contributed by atoms with Gasteiger partial charge < -0.3 is 10.6 Å². The fourth-order valence-corrected chi connectivity index (χ4v) is 2.89. The maximum absolute atomic E-state index is 11.8. The summed E-state index contributed by atoms with van der Waals surface area (Å²) in [6, 6.07) is 0. The number of carbonyl (C=O) groups excluding carboxylic acids is 2. The average molecular weight is 239 g/mol. The molecule has 0 aromatic carbocycles. The van der Waals surface area contributed by atoms with Crippen molar-refractivity contribution in [1.82, 2.24) is 9.80 Å². The van der Waals surface area contributed by atoms with Gasteiger partial charge in [-0.25, -0.2) is 0 Å². The first-order valence-corrected chi connectivity index (χ1v) is 6.54. The smallest absolute Gasteiger partial charge is 0.312 e. The largest absolute Gasteiger partial charge is 0.361 e. The summed E-state index contributed by atoms with van der Waals surface area (Å²) in [5, 5.41) is 0. The Morgan fingerprint density at radius 2 is 1.59 bits per heavy atom. The lowest BCUT2D eigenvalue weighted by atomic mass is 10.0. The molecule has 1 atom stereocenters. The number of likely N-dealkylation sites (tertiary alicyclic amines) is 2. The van der Waals surface area contributed by atoms with Crippen molar-refractivity contribution in [2.45, 2.75) is 44.7 Å². The highest BCUT2D eigenvalue weighted by Crippen LogP contribution is 2.23. The van der Waals surface area contributed by atoms with Crippen LogP contribution in [0.4, 0.5) is 0 Å². The van der Waals surface area contributed by atoms with Crippen molar-refractivity contribution in [2.24, 2.45) is 5.73 Å². The summed E-state index contributed by atoms with van der Waals surface area (Å²) in [5.74, 6) is -1.34. The summed E-state index contributed by atoms with van der Waals surface area (Å²) in [6.07, 6.45) is 6.83. The minimum Gasteiger partial charge on any atom is -0.361 e. The van der Waals surface area contributed by atoms with Gasteiger partial charge in [-0.1, -0.05) is 6.42 Å². The van der Waals surface area contributed by atoms with Crippen molar-refractivity contribution in [3.63, 3.8) is 0 Å². The van der Waals surface area contributed by atoms with Crippen LogP contribution in [0.3, 0.4) is 0 Å². The lowest BCUT2D eigenvalue weighted by molar-refractivity contribution is -0.150. The van der Waals surface area contributed by atoms with Crippen LogP contribution in [0, 0.1) is 0 Å². The molecule has 2 aliphatic heterocycles. The number of amides is 2. The molecule has 17 heavy (non-hydrogen) atoms. The molecule has 2 amide bonds. The second-order valence-electron chi connectivity index (χ2n) is 4.94. The number of hydrogen-bond acceptors (Lipinski definition) is 3. The molecule has 2 aliphatic rings. The van der Waals surface area contributed by atoms with E-state index in [1.807, 2.05) is 0 Å². The predicted octanol–water partition coefficient (Wildman–Crippen LogP) is 0.296. The highest BCUT2D eigenvalue weighted by molar-refractivity contribution is 6.34. The Balaban J connectivity index is 2.05. The van der Waals surface area contributed by atoms with Crippen LogP contribution in [0.25, 0.3) is 0 Å². The first-order valence-electron chi connectivity index (χ1n) is 6.54. The molecule has 2 heterocycles. The molecule has 96 valence electrons. The molecule has 0 radical (unpaired) electrons. The van der Waals surface area contributed by atoms with E-state index in [1.165, 1.54) is 19.3 Å². The number of piperidine rings is 2. The third kappa shape index (κ3) is 2.77. The summed E-state index contributed by atoms with van der Waals surface area (Å²) in [5.41, 5.74) is 5.11. The van der Waals surface area contributed by atoms with Crippen molar-refractivity contribution in [1.29, 1.82) is 0 Å². The van der Waals surface area contributed by atoms with Crippen LogP contribution < -0.4 is 5.73 Å². The third-order valence-corrected chi connectivity index (χ3v) is 3.75. The molecule has 2 saturated heterocycles. The maximum Gasteiger partial charge on any atom is 0.312 e. The van der Waals surface area contributed by atoms with Crippen molar-refractivity contribution in [3.05, 3.63) is 0 Å². The molecule has 2 fully saturated rings. The maximum atomic E-state index is 11.8. The Kier molecular flexibility index (Phi) is 3.99. The molecule has 0 bridgehead atoms. The van der Waals surface area contributed by atoms with E-state index in [0.717, 1.165) is 32.4 Å². The van der Waals surface area contributed by atoms with Crippen molar-refractivity contribution < 1.29 is 9.59 Å². The van der Waals surface area contributed by atoms with Gasteiger partial charge in [0.05, 0.1) is 6.17 Å². The van der Waals surface area contributed by atoms with E-state index in [0.29, 0.717) is 6.54 Å². The van der Waals surface area contributed by atoms with Gasteiger partial charge in [0.1, 0.15) is 0 Å². The first-order chi connectivity index (χ1) is 8.20. The monoisotopic (exact) mass is 239 g/mol. The van der Waals surface area contributed by atoms with E-state index in [1.54, 1.807) is 4.90 Å². The van der Waals surface area contributed by atoms with Crippen LogP contribution in [-0.2, 0) is 9.59 Å². The minimum absolute atomic E-state index is 0.101. The van der Waals surface area contributed by atoms with E-state index in [9.17, 15) is 9.59 Å². The number of hydrogen-bond donors (Lipinski definition) is 1. The molecule has 1 unspecified atom stereocenters. The highest BCUT2D eigenvalue weighted by Gasteiger charge is 2.33. The first kappa shape index (κ1) is 12.4. The quantitative estimate of drug-likeness (QED) is 0.669. The Hall–Kier alpha value is -1.10. The summed E-state index contributed by atoms with van der Waals surface area (Å²) < 4.78 is 0. The van der Waals surface area contributed by atoms with Crippen LogP contribution >= 0.6 is 0 Å². The van der Waals surface area contributed by atoms with Crippen LogP contribution in [-0.4, -0.2) is 47.4 Å². The van der Waals surface area contributed by atoms with Gasteiger partial charge in [0.15, 0.2) is 0 Å². The summed E-state index contributed by atoms with van der Waals surface area (Å²) >= 11 is 0. The molecule has 2 N–H and O–H groups in total. The molecule has 0 aromatic rings. The fraction of sp³-hybridized carbons (Fsp3) is 0.833. The number of primary amides is 1. The molecule has 0 saturated carbocycles. The highest BCUT2D eigenvalue weighted by atomic mass is 16.2. The Morgan fingerprint density at radius 1 is 0.941 bits per heavy atom. The normalized spacial score (nSPS) is 26.8. The van der Waals surface area contributed by atoms with Crippen LogP contribution in [0.1, 0.15) is 38.5 Å². The molecule has 0 spiro atoms. The average Bonchev–Trinajstić information content (AvgIpc) is 2.39. The zero-order valence-corrected chi connectivity index (χ0v) is 10.2. The van der Waals surface area contributed by atoms with Gasteiger partial charge in [-0.3, -0.25) is 14.5 Å². The lowest BCUT2D eigenvalue weighted by Crippen LogP contribution is -2.57. The van der Waals surface area contributed by atoms with E-state index >= 15 is 0 Å². The summed E-state index contributed by atoms with van der Waals surface area (Å²) in [4.78, 5) is 26.8. The number of carbonyl (C=O) groups is 2. The SMILES string of the molecule is NC(=O)C(=O)N1CCCCC1N1CCCCC1. The molecular weight excluding hydrogens is 218 g/mol. The molecule has 0 aromatic heterocycles. The van der Waals surface area contributed by atoms with Gasteiger partial charge >= 0.3 is 11.8 Å². The van der Waals surface area contributed by atoms with Crippen molar-refractivity contribution in [2.75, 3.05) is 19.6 Å². The molecule has 5 nitrogen and oxygen atoms in total. The van der Waals surface area contributed by atoms with Gasteiger partial charge in [0.25, 0.3) is 0 Å². The molecule has 2 rings (SSSR count). The van der Waals surface area contributed by atoms with Gasteiger partial charge in [-0.15, -0.1) is 0 Å².